The van der Waals surface area contributed by atoms with Crippen LogP contribution in [0.15, 0.2) is 23.0 Å². The number of ether oxygens (including phenoxy) is 1. The van der Waals surface area contributed by atoms with Crippen molar-refractivity contribution in [2.24, 2.45) is 18.9 Å². The number of imidazole rings is 1. The molecule has 0 radical (unpaired) electrons. The van der Waals surface area contributed by atoms with Crippen molar-refractivity contribution in [2.45, 2.75) is 44.6 Å². The van der Waals surface area contributed by atoms with Gasteiger partial charge in [-0.2, -0.15) is 0 Å². The summed E-state index contributed by atoms with van der Waals surface area (Å²) in [5, 5.41) is 5.77. The lowest BCUT2D eigenvalue weighted by molar-refractivity contribution is -0.146. The Morgan fingerprint density at radius 3 is 2.55 bits per heavy atom. The monoisotopic (exact) mass is 428 g/mol. The van der Waals surface area contributed by atoms with Crippen molar-refractivity contribution in [3.63, 3.8) is 0 Å². The second kappa shape index (κ2) is 8.56. The predicted molar refractivity (Wildman–Crippen MR) is 115 cm³/mol. The Hall–Kier alpha value is -3.10. The first kappa shape index (κ1) is 21.1. The Morgan fingerprint density at radius 1 is 1.13 bits per heavy atom. The highest BCUT2D eigenvalue weighted by atomic mass is 16.5. The predicted octanol–water partition coefficient (Wildman–Crippen LogP) is 1.71. The van der Waals surface area contributed by atoms with Gasteiger partial charge in [-0.1, -0.05) is 0 Å². The van der Waals surface area contributed by atoms with Crippen LogP contribution in [0.25, 0.3) is 11.0 Å². The van der Waals surface area contributed by atoms with E-state index in [1.54, 1.807) is 7.05 Å². The average molecular weight is 428 g/mol. The van der Waals surface area contributed by atoms with Crippen LogP contribution in [0, 0.1) is 11.8 Å². The number of methoxy groups -OCH3 is 1. The number of imide groups is 1. The summed E-state index contributed by atoms with van der Waals surface area (Å²) in [5.74, 6) is -0.358. The normalized spacial score (nSPS) is 24.1. The van der Waals surface area contributed by atoms with E-state index in [0.29, 0.717) is 17.9 Å². The first-order valence-electron chi connectivity index (χ1n) is 10.8. The molecule has 1 saturated carbocycles. The minimum atomic E-state index is -0.683. The van der Waals surface area contributed by atoms with Crippen molar-refractivity contribution >= 4 is 34.5 Å². The molecule has 2 N–H and O–H groups in total. The zero-order valence-electron chi connectivity index (χ0n) is 17.8. The lowest BCUT2D eigenvalue weighted by Gasteiger charge is -2.27. The highest BCUT2D eigenvalue weighted by Crippen LogP contribution is 2.30. The summed E-state index contributed by atoms with van der Waals surface area (Å²) >= 11 is 0. The van der Waals surface area contributed by atoms with Crippen molar-refractivity contribution in [1.29, 1.82) is 0 Å². The Labute approximate surface area is 179 Å². The van der Waals surface area contributed by atoms with Gasteiger partial charge in [0.2, 0.25) is 11.8 Å². The molecule has 0 spiro atoms. The molecule has 1 aromatic carbocycles. The number of hydrogen-bond donors (Lipinski definition) is 2. The molecule has 2 aromatic rings. The van der Waals surface area contributed by atoms with Crippen LogP contribution in [0.3, 0.4) is 0 Å². The third kappa shape index (κ3) is 4.08. The van der Waals surface area contributed by atoms with Crippen LogP contribution in [0.4, 0.5) is 5.69 Å². The second-order valence-corrected chi connectivity index (χ2v) is 8.50. The second-order valence-electron chi connectivity index (χ2n) is 8.50. The molecule has 2 aliphatic rings. The summed E-state index contributed by atoms with van der Waals surface area (Å²) in [5.41, 5.74) is 2.03. The molecule has 9 nitrogen and oxygen atoms in total. The van der Waals surface area contributed by atoms with Crippen LogP contribution in [-0.2, 0) is 26.2 Å². The highest BCUT2D eigenvalue weighted by molar-refractivity contribution is 6.00. The zero-order valence-corrected chi connectivity index (χ0v) is 17.8. The number of hydrogen-bond acceptors (Lipinski definition) is 6. The number of anilines is 1. The molecule has 9 heteroatoms. The van der Waals surface area contributed by atoms with E-state index < -0.39 is 11.9 Å². The number of nitrogens with zero attached hydrogens (tertiary/aromatic N) is 2. The maximum atomic E-state index is 12.8. The van der Waals surface area contributed by atoms with Gasteiger partial charge in [-0.3, -0.25) is 28.8 Å². The molecular formula is C22H28N4O5. The van der Waals surface area contributed by atoms with Crippen molar-refractivity contribution in [2.75, 3.05) is 19.0 Å². The Morgan fingerprint density at radius 2 is 1.87 bits per heavy atom. The number of fused-ring (bicyclic) bond motifs is 1. The van der Waals surface area contributed by atoms with Gasteiger partial charge in [-0.05, 0) is 56.2 Å². The van der Waals surface area contributed by atoms with Gasteiger partial charge in [-0.15, -0.1) is 0 Å². The van der Waals surface area contributed by atoms with Crippen LogP contribution in [0.5, 0.6) is 0 Å². The molecule has 1 aromatic heterocycles. The van der Waals surface area contributed by atoms with E-state index >= 15 is 0 Å². The fourth-order valence-corrected chi connectivity index (χ4v) is 4.73. The summed E-state index contributed by atoms with van der Waals surface area (Å²) < 4.78 is 7.86. The van der Waals surface area contributed by atoms with Gasteiger partial charge < -0.3 is 10.1 Å². The number of amides is 2. The van der Waals surface area contributed by atoms with Crippen molar-refractivity contribution < 1.29 is 19.1 Å². The number of esters is 1. The quantitative estimate of drug-likeness (QED) is 0.554. The van der Waals surface area contributed by atoms with Crippen LogP contribution >= 0.6 is 0 Å². The van der Waals surface area contributed by atoms with Crippen LogP contribution < -0.4 is 16.3 Å². The Bertz CT molecular complexity index is 1080. The lowest BCUT2D eigenvalue weighted by Crippen LogP contribution is -2.44. The number of aromatic nitrogens is 2. The van der Waals surface area contributed by atoms with E-state index in [1.807, 2.05) is 18.2 Å². The first-order chi connectivity index (χ1) is 14.9. The molecule has 0 bridgehead atoms. The summed E-state index contributed by atoms with van der Waals surface area (Å²) in [6.45, 7) is 0.793. The van der Waals surface area contributed by atoms with E-state index in [0.717, 1.165) is 43.4 Å². The maximum absolute atomic E-state index is 12.8. The number of rotatable bonds is 5. The lowest BCUT2D eigenvalue weighted by atomic mass is 9.82. The summed E-state index contributed by atoms with van der Waals surface area (Å²) in [6, 6.07) is 4.98. The van der Waals surface area contributed by atoms with Crippen molar-refractivity contribution in [1.82, 2.24) is 14.5 Å². The van der Waals surface area contributed by atoms with Crippen molar-refractivity contribution in [3.8, 4) is 0 Å². The van der Waals surface area contributed by atoms with Gasteiger partial charge in [0.1, 0.15) is 6.04 Å². The van der Waals surface area contributed by atoms with Gasteiger partial charge in [0.15, 0.2) is 0 Å². The number of carbonyl (C=O) groups excluding carboxylic acids is 3. The fraction of sp³-hybridized carbons (Fsp3) is 0.545. The number of piperidine rings is 1. The van der Waals surface area contributed by atoms with Gasteiger partial charge in [0.05, 0.1) is 24.1 Å². The molecule has 2 amide bonds. The third-order valence-electron chi connectivity index (χ3n) is 6.59. The van der Waals surface area contributed by atoms with Crippen LogP contribution in [0.1, 0.15) is 44.6 Å². The first-order valence-corrected chi connectivity index (χ1v) is 10.8. The molecule has 166 valence electrons. The molecule has 4 rings (SSSR count). The molecule has 1 saturated heterocycles. The van der Waals surface area contributed by atoms with E-state index in [9.17, 15) is 19.2 Å². The van der Waals surface area contributed by atoms with Crippen LogP contribution in [0.2, 0.25) is 0 Å². The standard InChI is InChI=1S/C22H28N4O5/c1-25-18-11-15(23-12-13-3-5-14(6-4-13)21(29)31-2)7-8-16(18)26(22(25)30)17-9-10-19(27)24-20(17)28/h7-8,11,13-14,17,23H,3-6,9-10,12H2,1-2H3,(H,24,27,28). The molecular weight excluding hydrogens is 400 g/mol. The molecule has 1 aliphatic heterocycles. The fourth-order valence-electron chi connectivity index (χ4n) is 4.73. The Balaban J connectivity index is 1.47. The minimum Gasteiger partial charge on any atom is -0.469 e. The molecule has 1 aliphatic carbocycles. The molecule has 1 atom stereocenters. The van der Waals surface area contributed by atoms with E-state index in [4.69, 9.17) is 4.74 Å². The zero-order chi connectivity index (χ0) is 22.1. The topological polar surface area (TPSA) is 111 Å². The van der Waals surface area contributed by atoms with Gasteiger partial charge in [-0.25, -0.2) is 4.79 Å². The van der Waals surface area contributed by atoms with Gasteiger partial charge in [0.25, 0.3) is 0 Å². The van der Waals surface area contributed by atoms with E-state index in [1.165, 1.54) is 16.2 Å². The minimum absolute atomic E-state index is 0.0131. The average Bonchev–Trinajstić information content (AvgIpc) is 3.02. The summed E-state index contributed by atoms with van der Waals surface area (Å²) in [7, 11) is 3.12. The van der Waals surface area contributed by atoms with Gasteiger partial charge >= 0.3 is 11.7 Å². The highest BCUT2D eigenvalue weighted by Gasteiger charge is 2.31. The van der Waals surface area contributed by atoms with E-state index in [2.05, 4.69) is 10.6 Å². The third-order valence-corrected chi connectivity index (χ3v) is 6.59. The number of carbonyl (C=O) groups is 3. The van der Waals surface area contributed by atoms with Crippen molar-refractivity contribution in [3.05, 3.63) is 28.7 Å². The molecule has 1 unspecified atom stereocenters. The van der Waals surface area contributed by atoms with E-state index in [-0.39, 0.29) is 29.9 Å². The number of benzene rings is 1. The molecule has 31 heavy (non-hydrogen) atoms. The smallest absolute Gasteiger partial charge is 0.329 e. The largest absolute Gasteiger partial charge is 0.469 e. The van der Waals surface area contributed by atoms with Gasteiger partial charge in [0, 0.05) is 25.7 Å². The molecule has 2 heterocycles. The number of nitrogens with one attached hydrogen (secondary N) is 2. The molecule has 2 fully saturated rings. The number of aryl methyl sites for hydroxylation is 1. The maximum Gasteiger partial charge on any atom is 0.329 e. The summed E-state index contributed by atoms with van der Waals surface area (Å²) in [6.07, 6.45) is 4.18. The van der Waals surface area contributed by atoms with Crippen LogP contribution in [-0.4, -0.2) is 40.6 Å². The SMILES string of the molecule is COC(=O)C1CCC(CNc2ccc3c(c2)n(C)c(=O)n3C2CCC(=O)NC2=O)CC1. The summed E-state index contributed by atoms with van der Waals surface area (Å²) in [4.78, 5) is 48.3. The Kier molecular flexibility index (Phi) is 5.84.